The summed E-state index contributed by atoms with van der Waals surface area (Å²) in [5.74, 6) is 2.93. The second kappa shape index (κ2) is 5.70. The Labute approximate surface area is 127 Å². The van der Waals surface area contributed by atoms with E-state index in [1.165, 1.54) is 19.3 Å². The van der Waals surface area contributed by atoms with Crippen molar-refractivity contribution in [3.05, 3.63) is 29.8 Å². The number of rotatable bonds is 4. The van der Waals surface area contributed by atoms with E-state index in [2.05, 4.69) is 6.92 Å². The van der Waals surface area contributed by atoms with Gasteiger partial charge in [0.05, 0.1) is 13.2 Å². The van der Waals surface area contributed by atoms with Gasteiger partial charge in [-0.25, -0.2) is 0 Å². The molecule has 2 aliphatic carbocycles. The number of carbonyl (C=O) groups is 1. The predicted octanol–water partition coefficient (Wildman–Crippen LogP) is 3.65. The molecule has 2 fully saturated rings. The van der Waals surface area contributed by atoms with Crippen molar-refractivity contribution in [2.45, 2.75) is 38.6 Å². The molecule has 3 nitrogen and oxygen atoms in total. The second-order valence-electron chi connectivity index (χ2n) is 6.68. The van der Waals surface area contributed by atoms with Gasteiger partial charge in [-0.3, -0.25) is 4.79 Å². The highest BCUT2D eigenvalue weighted by molar-refractivity contribution is 5.80. The van der Waals surface area contributed by atoms with Gasteiger partial charge in [0, 0.05) is 13.0 Å². The highest BCUT2D eigenvalue weighted by atomic mass is 16.5. The zero-order chi connectivity index (χ0) is 15.0. The average molecular weight is 287 g/mol. The molecule has 0 N–H and O–H groups in total. The quantitative estimate of drug-likeness (QED) is 0.846. The minimum atomic E-state index is 0.113. The molecule has 3 rings (SSSR count). The summed E-state index contributed by atoms with van der Waals surface area (Å²) >= 11 is 0. The first-order valence-corrected chi connectivity index (χ1v) is 8.00. The SMILES string of the molecule is COc1ccc(C(C)N(C)C(=O)C2CC3CCC2C3)cc1. The van der Waals surface area contributed by atoms with Gasteiger partial charge in [0.25, 0.3) is 0 Å². The van der Waals surface area contributed by atoms with E-state index in [-0.39, 0.29) is 12.0 Å². The third-order valence-electron chi connectivity index (χ3n) is 5.58. The fourth-order valence-corrected chi connectivity index (χ4v) is 4.11. The molecule has 4 atom stereocenters. The molecule has 2 bridgehead atoms. The smallest absolute Gasteiger partial charge is 0.226 e. The maximum Gasteiger partial charge on any atom is 0.226 e. The van der Waals surface area contributed by atoms with Crippen LogP contribution < -0.4 is 4.74 Å². The Bertz CT molecular complexity index is 510. The number of hydrogen-bond donors (Lipinski definition) is 0. The maximum atomic E-state index is 12.8. The first-order chi connectivity index (χ1) is 10.1. The molecule has 4 unspecified atom stereocenters. The number of fused-ring (bicyclic) bond motifs is 2. The topological polar surface area (TPSA) is 29.5 Å². The first-order valence-electron chi connectivity index (χ1n) is 8.00. The van der Waals surface area contributed by atoms with E-state index in [0.29, 0.717) is 11.8 Å². The molecule has 0 aliphatic heterocycles. The van der Waals surface area contributed by atoms with Gasteiger partial charge in [-0.15, -0.1) is 0 Å². The van der Waals surface area contributed by atoms with Crippen molar-refractivity contribution in [1.82, 2.24) is 4.90 Å². The summed E-state index contributed by atoms with van der Waals surface area (Å²) in [5, 5.41) is 0. The third kappa shape index (κ3) is 2.66. The van der Waals surface area contributed by atoms with Crippen molar-refractivity contribution in [1.29, 1.82) is 0 Å². The summed E-state index contributed by atoms with van der Waals surface area (Å²) in [6.45, 7) is 2.10. The second-order valence-corrected chi connectivity index (χ2v) is 6.68. The van der Waals surface area contributed by atoms with Crippen molar-refractivity contribution in [2.24, 2.45) is 17.8 Å². The fourth-order valence-electron chi connectivity index (χ4n) is 4.11. The minimum absolute atomic E-state index is 0.113. The molecule has 114 valence electrons. The number of carbonyl (C=O) groups excluding carboxylic acids is 1. The normalized spacial score (nSPS) is 28.4. The molecule has 1 aromatic rings. The monoisotopic (exact) mass is 287 g/mol. The van der Waals surface area contributed by atoms with E-state index in [0.717, 1.165) is 23.7 Å². The number of methoxy groups -OCH3 is 1. The van der Waals surface area contributed by atoms with Crippen molar-refractivity contribution < 1.29 is 9.53 Å². The van der Waals surface area contributed by atoms with Crippen LogP contribution in [0.3, 0.4) is 0 Å². The summed E-state index contributed by atoms with van der Waals surface area (Å²) in [6, 6.07) is 8.13. The number of ether oxygens (including phenoxy) is 1. The number of amides is 1. The van der Waals surface area contributed by atoms with Gasteiger partial charge in [-0.1, -0.05) is 18.6 Å². The molecule has 21 heavy (non-hydrogen) atoms. The molecule has 0 heterocycles. The van der Waals surface area contributed by atoms with E-state index in [1.807, 2.05) is 36.2 Å². The van der Waals surface area contributed by atoms with E-state index >= 15 is 0 Å². The summed E-state index contributed by atoms with van der Waals surface area (Å²) in [4.78, 5) is 14.7. The van der Waals surface area contributed by atoms with Crippen LogP contribution in [0.25, 0.3) is 0 Å². The van der Waals surface area contributed by atoms with Crippen LogP contribution in [0.4, 0.5) is 0 Å². The van der Waals surface area contributed by atoms with Crippen molar-refractivity contribution in [3.8, 4) is 5.75 Å². The highest BCUT2D eigenvalue weighted by Crippen LogP contribution is 2.49. The molecule has 2 saturated carbocycles. The van der Waals surface area contributed by atoms with Gasteiger partial charge in [0.2, 0.25) is 5.91 Å². The molecule has 0 saturated heterocycles. The predicted molar refractivity (Wildman–Crippen MR) is 83.1 cm³/mol. The van der Waals surface area contributed by atoms with E-state index in [1.54, 1.807) is 7.11 Å². The standard InChI is InChI=1S/C18H25NO2/c1-12(14-6-8-16(21-3)9-7-14)19(2)18(20)17-11-13-4-5-15(17)10-13/h6-9,12-13,15,17H,4-5,10-11H2,1-3H3. The highest BCUT2D eigenvalue weighted by Gasteiger charge is 2.44. The molecule has 0 aromatic heterocycles. The Morgan fingerprint density at radius 2 is 1.95 bits per heavy atom. The zero-order valence-electron chi connectivity index (χ0n) is 13.2. The van der Waals surface area contributed by atoms with Crippen LogP contribution in [-0.2, 0) is 4.79 Å². The zero-order valence-corrected chi connectivity index (χ0v) is 13.2. The maximum absolute atomic E-state index is 12.8. The molecule has 2 aliphatic rings. The van der Waals surface area contributed by atoms with Crippen LogP contribution in [-0.4, -0.2) is 25.0 Å². The first kappa shape index (κ1) is 14.4. The molecule has 1 aromatic carbocycles. The lowest BCUT2D eigenvalue weighted by atomic mass is 9.87. The van der Waals surface area contributed by atoms with E-state index in [4.69, 9.17) is 4.74 Å². The molecule has 0 radical (unpaired) electrons. The van der Waals surface area contributed by atoms with Crippen LogP contribution in [0.2, 0.25) is 0 Å². The average Bonchev–Trinajstić information content (AvgIpc) is 3.16. The summed E-state index contributed by atoms with van der Waals surface area (Å²) in [6.07, 6.45) is 4.99. The lowest BCUT2D eigenvalue weighted by molar-refractivity contribution is -0.137. The minimum Gasteiger partial charge on any atom is -0.497 e. The summed E-state index contributed by atoms with van der Waals surface area (Å²) in [5.41, 5.74) is 1.16. The number of nitrogens with zero attached hydrogens (tertiary/aromatic N) is 1. The van der Waals surface area contributed by atoms with E-state index in [9.17, 15) is 4.79 Å². The van der Waals surface area contributed by atoms with Gasteiger partial charge >= 0.3 is 0 Å². The summed E-state index contributed by atoms with van der Waals surface area (Å²) in [7, 11) is 3.62. The Balaban J connectivity index is 1.68. The fraction of sp³-hybridized carbons (Fsp3) is 0.611. The molecule has 1 amide bonds. The lowest BCUT2D eigenvalue weighted by Gasteiger charge is -2.31. The Hall–Kier alpha value is -1.51. The Morgan fingerprint density at radius 3 is 2.48 bits per heavy atom. The largest absolute Gasteiger partial charge is 0.497 e. The van der Waals surface area contributed by atoms with Crippen molar-refractivity contribution in [3.63, 3.8) is 0 Å². The van der Waals surface area contributed by atoms with Gasteiger partial charge in [0.15, 0.2) is 0 Å². The summed E-state index contributed by atoms with van der Waals surface area (Å²) < 4.78 is 5.19. The Kier molecular flexibility index (Phi) is 3.92. The van der Waals surface area contributed by atoms with Crippen molar-refractivity contribution in [2.75, 3.05) is 14.2 Å². The van der Waals surface area contributed by atoms with Gasteiger partial charge in [-0.05, 0) is 55.7 Å². The molecule has 3 heteroatoms. The van der Waals surface area contributed by atoms with Crippen LogP contribution in [0.15, 0.2) is 24.3 Å². The van der Waals surface area contributed by atoms with Crippen molar-refractivity contribution >= 4 is 5.91 Å². The number of hydrogen-bond acceptors (Lipinski definition) is 2. The van der Waals surface area contributed by atoms with Crippen LogP contribution in [0, 0.1) is 17.8 Å². The Morgan fingerprint density at radius 1 is 1.24 bits per heavy atom. The molecular weight excluding hydrogens is 262 g/mol. The van der Waals surface area contributed by atoms with E-state index < -0.39 is 0 Å². The number of benzene rings is 1. The third-order valence-corrected chi connectivity index (χ3v) is 5.58. The van der Waals surface area contributed by atoms with Crippen LogP contribution in [0.1, 0.15) is 44.2 Å². The van der Waals surface area contributed by atoms with Gasteiger partial charge in [-0.2, -0.15) is 0 Å². The van der Waals surface area contributed by atoms with Crippen LogP contribution in [0.5, 0.6) is 5.75 Å². The van der Waals surface area contributed by atoms with Crippen LogP contribution >= 0.6 is 0 Å². The van der Waals surface area contributed by atoms with Gasteiger partial charge in [0.1, 0.15) is 5.75 Å². The molecule has 0 spiro atoms. The lowest BCUT2D eigenvalue weighted by Crippen LogP contribution is -2.37. The molecular formula is C18H25NO2. The van der Waals surface area contributed by atoms with Gasteiger partial charge < -0.3 is 9.64 Å².